The van der Waals surface area contributed by atoms with E-state index >= 15 is 0 Å². The van der Waals surface area contributed by atoms with Crippen LogP contribution in [0.3, 0.4) is 0 Å². The first kappa shape index (κ1) is 12.9. The van der Waals surface area contributed by atoms with Gasteiger partial charge in [-0.2, -0.15) is 0 Å². The van der Waals surface area contributed by atoms with Crippen molar-refractivity contribution in [1.29, 1.82) is 0 Å². The van der Waals surface area contributed by atoms with Gasteiger partial charge in [-0.25, -0.2) is 0 Å². The van der Waals surface area contributed by atoms with Crippen LogP contribution in [-0.2, 0) is 0 Å². The molecule has 1 aliphatic rings. The highest BCUT2D eigenvalue weighted by Crippen LogP contribution is 2.27. The van der Waals surface area contributed by atoms with Gasteiger partial charge in [0.05, 0.1) is 0 Å². The average Bonchev–Trinajstić information content (AvgIpc) is 2.90. The molecule has 4 heteroatoms. The first-order valence-corrected chi connectivity index (χ1v) is 6.50. The molecule has 1 aromatic carbocycles. The van der Waals surface area contributed by atoms with Gasteiger partial charge in [0, 0.05) is 18.2 Å². The SMILES string of the molecule is NCC(NC(=O)c1ccc(O)cc1)C1CCCC1. The lowest BCUT2D eigenvalue weighted by Gasteiger charge is -2.23. The third-order valence-electron chi connectivity index (χ3n) is 3.67. The van der Waals surface area contributed by atoms with E-state index in [1.807, 2.05) is 0 Å². The summed E-state index contributed by atoms with van der Waals surface area (Å²) in [6.45, 7) is 0.481. The van der Waals surface area contributed by atoms with Crippen LogP contribution in [0.25, 0.3) is 0 Å². The summed E-state index contributed by atoms with van der Waals surface area (Å²) in [5.41, 5.74) is 6.31. The first-order valence-electron chi connectivity index (χ1n) is 6.50. The van der Waals surface area contributed by atoms with E-state index < -0.39 is 0 Å². The monoisotopic (exact) mass is 248 g/mol. The molecule has 18 heavy (non-hydrogen) atoms. The maximum atomic E-state index is 12.0. The third kappa shape index (κ3) is 3.01. The van der Waals surface area contributed by atoms with Gasteiger partial charge in [0.25, 0.3) is 5.91 Å². The molecule has 0 bridgehead atoms. The van der Waals surface area contributed by atoms with Crippen molar-refractivity contribution < 1.29 is 9.90 Å². The summed E-state index contributed by atoms with van der Waals surface area (Å²) in [5.74, 6) is 0.561. The predicted molar refractivity (Wildman–Crippen MR) is 70.4 cm³/mol. The fourth-order valence-corrected chi connectivity index (χ4v) is 2.59. The maximum absolute atomic E-state index is 12.0. The summed E-state index contributed by atoms with van der Waals surface area (Å²) in [7, 11) is 0. The van der Waals surface area contributed by atoms with Gasteiger partial charge in [0.2, 0.25) is 0 Å². The van der Waals surface area contributed by atoms with Gasteiger partial charge in [-0.3, -0.25) is 4.79 Å². The van der Waals surface area contributed by atoms with Crippen molar-refractivity contribution in [2.45, 2.75) is 31.7 Å². The van der Waals surface area contributed by atoms with Gasteiger partial charge >= 0.3 is 0 Å². The lowest BCUT2D eigenvalue weighted by molar-refractivity contribution is 0.0924. The van der Waals surface area contributed by atoms with Crippen molar-refractivity contribution in [3.05, 3.63) is 29.8 Å². The van der Waals surface area contributed by atoms with E-state index in [9.17, 15) is 9.90 Å². The highest BCUT2D eigenvalue weighted by Gasteiger charge is 2.25. The van der Waals surface area contributed by atoms with Gasteiger partial charge in [-0.1, -0.05) is 12.8 Å². The second-order valence-electron chi connectivity index (χ2n) is 4.91. The highest BCUT2D eigenvalue weighted by atomic mass is 16.3. The summed E-state index contributed by atoms with van der Waals surface area (Å²) in [6.07, 6.45) is 4.77. The molecule has 0 heterocycles. The largest absolute Gasteiger partial charge is 0.508 e. The molecule has 0 radical (unpaired) electrons. The molecule has 0 saturated heterocycles. The number of benzene rings is 1. The van der Waals surface area contributed by atoms with Crippen LogP contribution < -0.4 is 11.1 Å². The average molecular weight is 248 g/mol. The molecule has 1 aromatic rings. The van der Waals surface area contributed by atoms with Crippen LogP contribution in [0.4, 0.5) is 0 Å². The zero-order chi connectivity index (χ0) is 13.0. The van der Waals surface area contributed by atoms with Crippen LogP contribution in [-0.4, -0.2) is 23.6 Å². The van der Waals surface area contributed by atoms with Crippen LogP contribution in [0, 0.1) is 5.92 Å². The van der Waals surface area contributed by atoms with E-state index in [4.69, 9.17) is 5.73 Å². The fraction of sp³-hybridized carbons (Fsp3) is 0.500. The standard InChI is InChI=1S/C14H20N2O2/c15-9-13(10-3-1-2-4-10)16-14(18)11-5-7-12(17)8-6-11/h5-8,10,13,17H,1-4,9,15H2,(H,16,18). The molecule has 1 saturated carbocycles. The summed E-state index contributed by atoms with van der Waals surface area (Å²) in [6, 6.07) is 6.33. The van der Waals surface area contributed by atoms with Crippen molar-refractivity contribution >= 4 is 5.91 Å². The van der Waals surface area contributed by atoms with Crippen molar-refractivity contribution in [3.8, 4) is 5.75 Å². The van der Waals surface area contributed by atoms with E-state index in [0.717, 1.165) is 12.8 Å². The van der Waals surface area contributed by atoms with Gasteiger partial charge in [0.1, 0.15) is 5.75 Å². The number of rotatable bonds is 4. The van der Waals surface area contributed by atoms with E-state index in [1.54, 1.807) is 12.1 Å². The van der Waals surface area contributed by atoms with Crippen molar-refractivity contribution in [1.82, 2.24) is 5.32 Å². The quantitative estimate of drug-likeness (QED) is 0.758. The molecule has 0 aromatic heterocycles. The van der Waals surface area contributed by atoms with E-state index in [-0.39, 0.29) is 17.7 Å². The number of nitrogens with two attached hydrogens (primary N) is 1. The van der Waals surface area contributed by atoms with E-state index in [0.29, 0.717) is 18.0 Å². The van der Waals surface area contributed by atoms with Gasteiger partial charge < -0.3 is 16.2 Å². The Hall–Kier alpha value is -1.55. The number of aromatic hydroxyl groups is 1. The summed E-state index contributed by atoms with van der Waals surface area (Å²) < 4.78 is 0. The Balaban J connectivity index is 1.98. The van der Waals surface area contributed by atoms with Crippen molar-refractivity contribution in [3.63, 3.8) is 0 Å². The molecule has 4 N–H and O–H groups in total. The number of hydrogen-bond acceptors (Lipinski definition) is 3. The smallest absolute Gasteiger partial charge is 0.251 e. The second-order valence-corrected chi connectivity index (χ2v) is 4.91. The number of carbonyl (C=O) groups is 1. The second kappa shape index (κ2) is 5.87. The van der Waals surface area contributed by atoms with Crippen molar-refractivity contribution in [2.24, 2.45) is 11.7 Å². The molecule has 1 atom stereocenters. The molecule has 1 unspecified atom stereocenters. The predicted octanol–water partition coefficient (Wildman–Crippen LogP) is 1.64. The Morgan fingerprint density at radius 2 is 1.94 bits per heavy atom. The van der Waals surface area contributed by atoms with Crippen LogP contribution in [0.2, 0.25) is 0 Å². The van der Waals surface area contributed by atoms with Crippen LogP contribution >= 0.6 is 0 Å². The number of carbonyl (C=O) groups excluding carboxylic acids is 1. The molecule has 0 spiro atoms. The number of phenols is 1. The van der Waals surface area contributed by atoms with E-state index in [1.165, 1.54) is 25.0 Å². The number of hydrogen-bond donors (Lipinski definition) is 3. The Labute approximate surface area is 107 Å². The van der Waals surface area contributed by atoms with Gasteiger partial charge in [-0.15, -0.1) is 0 Å². The molecule has 2 rings (SSSR count). The van der Waals surface area contributed by atoms with E-state index in [2.05, 4.69) is 5.32 Å². The van der Waals surface area contributed by atoms with Gasteiger partial charge in [-0.05, 0) is 43.0 Å². The number of amides is 1. The lowest BCUT2D eigenvalue weighted by Crippen LogP contribution is -2.44. The fourth-order valence-electron chi connectivity index (χ4n) is 2.59. The number of nitrogens with one attached hydrogen (secondary N) is 1. The molecule has 1 fully saturated rings. The minimum absolute atomic E-state index is 0.0637. The zero-order valence-corrected chi connectivity index (χ0v) is 10.4. The van der Waals surface area contributed by atoms with Crippen LogP contribution in [0.5, 0.6) is 5.75 Å². The topological polar surface area (TPSA) is 75.3 Å². The molecule has 1 aliphatic carbocycles. The van der Waals surface area contributed by atoms with Gasteiger partial charge in [0.15, 0.2) is 0 Å². The zero-order valence-electron chi connectivity index (χ0n) is 10.4. The molecule has 1 amide bonds. The van der Waals surface area contributed by atoms with Crippen LogP contribution in [0.1, 0.15) is 36.0 Å². The third-order valence-corrected chi connectivity index (χ3v) is 3.67. The summed E-state index contributed by atoms with van der Waals surface area (Å²) >= 11 is 0. The normalized spacial score (nSPS) is 17.6. The molecule has 98 valence electrons. The molecule has 4 nitrogen and oxygen atoms in total. The van der Waals surface area contributed by atoms with Crippen LogP contribution in [0.15, 0.2) is 24.3 Å². The minimum Gasteiger partial charge on any atom is -0.508 e. The number of phenolic OH excluding ortho intramolecular Hbond substituents is 1. The summed E-state index contributed by atoms with van der Waals surface area (Å²) in [5, 5.41) is 12.2. The minimum atomic E-state index is -0.114. The Morgan fingerprint density at radius 3 is 2.50 bits per heavy atom. The maximum Gasteiger partial charge on any atom is 0.251 e. The molecule has 0 aliphatic heterocycles. The Kier molecular flexibility index (Phi) is 4.20. The Morgan fingerprint density at radius 1 is 1.33 bits per heavy atom. The first-order chi connectivity index (χ1) is 8.70. The molecular formula is C14H20N2O2. The Bertz CT molecular complexity index is 397. The highest BCUT2D eigenvalue weighted by molar-refractivity contribution is 5.94. The lowest BCUT2D eigenvalue weighted by atomic mass is 9.98. The summed E-state index contributed by atoms with van der Waals surface area (Å²) in [4.78, 5) is 12.0. The van der Waals surface area contributed by atoms with Crippen molar-refractivity contribution in [2.75, 3.05) is 6.54 Å². The molecular weight excluding hydrogens is 228 g/mol.